The van der Waals surface area contributed by atoms with Crippen LogP contribution in [0.3, 0.4) is 0 Å². The summed E-state index contributed by atoms with van der Waals surface area (Å²) in [5.41, 5.74) is 1.46. The minimum atomic E-state index is -0.603. The Morgan fingerprint density at radius 2 is 1.96 bits per heavy atom. The van der Waals surface area contributed by atoms with Crippen molar-refractivity contribution in [3.8, 4) is 11.6 Å². The molecule has 0 fully saturated rings. The zero-order chi connectivity index (χ0) is 17.7. The lowest BCUT2D eigenvalue weighted by Crippen LogP contribution is -2.23. The summed E-state index contributed by atoms with van der Waals surface area (Å²) in [7, 11) is 0. The van der Waals surface area contributed by atoms with Crippen LogP contribution in [0, 0.1) is 12.7 Å². The summed E-state index contributed by atoms with van der Waals surface area (Å²) in [6, 6.07) is 10.8. The number of carbonyl (C=O) groups is 1. The maximum atomic E-state index is 13.6. The molecule has 1 aliphatic heterocycles. The molecule has 1 aliphatic rings. The Morgan fingerprint density at radius 1 is 1.16 bits per heavy atom. The Labute approximate surface area is 144 Å². The van der Waals surface area contributed by atoms with Gasteiger partial charge >= 0.3 is 4.87 Å². The first-order valence-electron chi connectivity index (χ1n) is 7.41. The number of benzene rings is 2. The zero-order valence-electron chi connectivity index (χ0n) is 13.0. The van der Waals surface area contributed by atoms with E-state index in [2.05, 4.69) is 4.99 Å². The molecule has 2 aromatic carbocycles. The number of nitrogens with zero attached hydrogens (tertiary/aromatic N) is 2. The van der Waals surface area contributed by atoms with E-state index in [1.54, 1.807) is 18.2 Å². The maximum absolute atomic E-state index is 13.6. The fourth-order valence-electron chi connectivity index (χ4n) is 2.83. The van der Waals surface area contributed by atoms with E-state index in [0.29, 0.717) is 11.0 Å². The summed E-state index contributed by atoms with van der Waals surface area (Å²) in [6.07, 6.45) is 0. The van der Waals surface area contributed by atoms with Gasteiger partial charge in [-0.15, -0.1) is 0 Å². The third kappa shape index (κ3) is 2.40. The molecule has 0 aliphatic carbocycles. The lowest BCUT2D eigenvalue weighted by atomic mass is 10.1. The van der Waals surface area contributed by atoms with Crippen LogP contribution in [0.4, 0.5) is 4.39 Å². The summed E-state index contributed by atoms with van der Waals surface area (Å²) in [5.74, 6) is -1.48. The fourth-order valence-corrected chi connectivity index (χ4v) is 3.77. The molecule has 124 valence electrons. The number of amides is 1. The number of fused-ring (bicyclic) bond motifs is 1. The Kier molecular flexibility index (Phi) is 3.40. The lowest BCUT2D eigenvalue weighted by Gasteiger charge is -2.05. The number of halogens is 1. The number of aromatic hydroxyl groups is 1. The van der Waals surface area contributed by atoms with E-state index in [1.807, 2.05) is 13.0 Å². The van der Waals surface area contributed by atoms with Crippen molar-refractivity contribution in [2.45, 2.75) is 6.92 Å². The van der Waals surface area contributed by atoms with Gasteiger partial charge in [-0.2, -0.15) is 0 Å². The first kappa shape index (κ1) is 15.5. The second-order valence-corrected chi connectivity index (χ2v) is 6.61. The van der Waals surface area contributed by atoms with E-state index in [4.69, 9.17) is 0 Å². The SMILES string of the molecule is Cc1cccc(-n2c(O)c(C3=c4cc(F)ccc4=NC3=O)sc2=O)c1. The van der Waals surface area contributed by atoms with E-state index in [9.17, 15) is 19.1 Å². The molecule has 0 saturated carbocycles. The molecule has 5 nitrogen and oxygen atoms in total. The van der Waals surface area contributed by atoms with Gasteiger partial charge in [-0.25, -0.2) is 13.9 Å². The van der Waals surface area contributed by atoms with E-state index in [-0.39, 0.29) is 21.5 Å². The molecule has 0 spiro atoms. The highest BCUT2D eigenvalue weighted by Crippen LogP contribution is 2.30. The molecule has 2 heterocycles. The maximum Gasteiger partial charge on any atom is 0.315 e. The number of carbonyl (C=O) groups excluding carboxylic acids is 1. The van der Waals surface area contributed by atoms with Gasteiger partial charge in [-0.05, 0) is 42.8 Å². The average Bonchev–Trinajstić information content (AvgIpc) is 3.02. The van der Waals surface area contributed by atoms with E-state index >= 15 is 0 Å². The minimum absolute atomic E-state index is 0.0421. The van der Waals surface area contributed by atoms with Gasteiger partial charge in [-0.3, -0.25) is 9.59 Å². The first-order chi connectivity index (χ1) is 12.0. The van der Waals surface area contributed by atoms with Crippen molar-refractivity contribution in [2.75, 3.05) is 0 Å². The van der Waals surface area contributed by atoms with Crippen LogP contribution < -0.4 is 15.4 Å². The van der Waals surface area contributed by atoms with Crippen LogP contribution in [0.15, 0.2) is 52.3 Å². The molecule has 1 aromatic heterocycles. The number of thiazole rings is 1. The second-order valence-electron chi connectivity index (χ2n) is 5.65. The quantitative estimate of drug-likeness (QED) is 0.756. The highest BCUT2D eigenvalue weighted by molar-refractivity contribution is 7.11. The van der Waals surface area contributed by atoms with Crippen LogP contribution in [-0.4, -0.2) is 15.6 Å². The average molecular weight is 354 g/mol. The van der Waals surface area contributed by atoms with Gasteiger partial charge in [0, 0.05) is 5.22 Å². The Hall–Kier alpha value is -3.06. The number of aromatic nitrogens is 1. The third-order valence-corrected chi connectivity index (χ3v) is 4.89. The van der Waals surface area contributed by atoms with Crippen molar-refractivity contribution in [1.29, 1.82) is 0 Å². The lowest BCUT2D eigenvalue weighted by molar-refractivity contribution is -0.112. The van der Waals surface area contributed by atoms with Crippen LogP contribution >= 0.6 is 11.3 Å². The molecule has 1 amide bonds. The molecule has 1 N–H and O–H groups in total. The largest absolute Gasteiger partial charge is 0.493 e. The van der Waals surface area contributed by atoms with Crippen LogP contribution in [0.1, 0.15) is 10.4 Å². The predicted octanol–water partition coefficient (Wildman–Crippen LogP) is 1.41. The molecule has 3 aromatic rings. The zero-order valence-corrected chi connectivity index (χ0v) is 13.8. The van der Waals surface area contributed by atoms with Gasteiger partial charge in [0.1, 0.15) is 10.7 Å². The van der Waals surface area contributed by atoms with Gasteiger partial charge in [0.15, 0.2) is 0 Å². The molecule has 0 saturated heterocycles. The minimum Gasteiger partial charge on any atom is -0.493 e. The Morgan fingerprint density at radius 3 is 2.72 bits per heavy atom. The molecular formula is C18H11FN2O3S. The molecule has 7 heteroatoms. The number of hydrogen-bond acceptors (Lipinski definition) is 4. The van der Waals surface area contributed by atoms with E-state index in [1.165, 1.54) is 18.2 Å². The molecule has 0 atom stereocenters. The predicted molar refractivity (Wildman–Crippen MR) is 91.0 cm³/mol. The topological polar surface area (TPSA) is 71.7 Å². The highest BCUT2D eigenvalue weighted by atomic mass is 32.1. The monoisotopic (exact) mass is 354 g/mol. The number of rotatable bonds is 2. The first-order valence-corrected chi connectivity index (χ1v) is 8.22. The van der Waals surface area contributed by atoms with Gasteiger partial charge in [-0.1, -0.05) is 23.5 Å². The smallest absolute Gasteiger partial charge is 0.315 e. The summed E-state index contributed by atoms with van der Waals surface area (Å²) >= 11 is 0.729. The number of aryl methyl sites for hydroxylation is 1. The molecular weight excluding hydrogens is 343 g/mol. The van der Waals surface area contributed by atoms with Crippen molar-refractivity contribution in [1.82, 2.24) is 4.57 Å². The molecule has 0 radical (unpaired) electrons. The molecule has 4 rings (SSSR count). The summed E-state index contributed by atoms with van der Waals surface area (Å²) < 4.78 is 14.7. The summed E-state index contributed by atoms with van der Waals surface area (Å²) in [5, 5.41) is 11.2. The van der Waals surface area contributed by atoms with Gasteiger partial charge < -0.3 is 5.11 Å². The fraction of sp³-hybridized carbons (Fsp3) is 0.0556. The van der Waals surface area contributed by atoms with Gasteiger partial charge in [0.05, 0.1) is 16.6 Å². The van der Waals surface area contributed by atoms with Crippen LogP contribution in [0.2, 0.25) is 0 Å². The molecule has 0 bridgehead atoms. The van der Waals surface area contributed by atoms with Gasteiger partial charge in [0.25, 0.3) is 5.91 Å². The Bertz CT molecular complexity index is 1220. The van der Waals surface area contributed by atoms with Gasteiger partial charge in [0.2, 0.25) is 5.88 Å². The van der Waals surface area contributed by atoms with Crippen molar-refractivity contribution in [3.05, 3.63) is 79.0 Å². The van der Waals surface area contributed by atoms with Crippen molar-refractivity contribution in [3.63, 3.8) is 0 Å². The van der Waals surface area contributed by atoms with Crippen molar-refractivity contribution >= 4 is 22.8 Å². The summed E-state index contributed by atoms with van der Waals surface area (Å²) in [6.45, 7) is 1.87. The second kappa shape index (κ2) is 5.49. The van der Waals surface area contributed by atoms with E-state index < -0.39 is 16.6 Å². The van der Waals surface area contributed by atoms with Crippen LogP contribution in [0.25, 0.3) is 11.3 Å². The standard InChI is InChI=1S/C18H11FN2O3S/c1-9-3-2-4-11(7-9)21-17(23)15(25-18(21)24)14-12-8-10(19)5-6-13(12)20-16(14)22/h2-8,23H,1H3. The Balaban J connectivity index is 2.02. The van der Waals surface area contributed by atoms with Crippen molar-refractivity contribution in [2.24, 2.45) is 4.99 Å². The summed E-state index contributed by atoms with van der Waals surface area (Å²) in [4.78, 5) is 28.2. The van der Waals surface area contributed by atoms with Crippen molar-refractivity contribution < 1.29 is 14.3 Å². The van der Waals surface area contributed by atoms with Crippen LogP contribution in [-0.2, 0) is 4.79 Å². The number of hydrogen-bond donors (Lipinski definition) is 1. The molecule has 25 heavy (non-hydrogen) atoms. The normalized spacial score (nSPS) is 13.0. The van der Waals surface area contributed by atoms with Crippen LogP contribution in [0.5, 0.6) is 5.88 Å². The molecule has 0 unspecified atom stereocenters. The highest BCUT2D eigenvalue weighted by Gasteiger charge is 2.26. The third-order valence-electron chi connectivity index (χ3n) is 3.94. The van der Waals surface area contributed by atoms with E-state index in [0.717, 1.165) is 21.5 Å².